The molecule has 20 heavy (non-hydrogen) atoms. The van der Waals surface area contributed by atoms with Gasteiger partial charge in [0, 0.05) is 6.42 Å². The second-order valence-corrected chi connectivity index (χ2v) is 5.60. The Morgan fingerprint density at radius 1 is 1.20 bits per heavy atom. The third-order valence-corrected chi connectivity index (χ3v) is 3.71. The molecule has 0 aliphatic rings. The molecular weight excluding hydrogens is 252 g/mol. The van der Waals surface area contributed by atoms with Gasteiger partial charge in [-0.15, -0.1) is 0 Å². The van der Waals surface area contributed by atoms with Crippen LogP contribution in [-0.4, -0.2) is 11.1 Å². The highest BCUT2D eigenvalue weighted by Gasteiger charge is 2.25. The lowest BCUT2D eigenvalue weighted by Gasteiger charge is -2.11. The Morgan fingerprint density at radius 3 is 2.50 bits per heavy atom. The molecule has 0 spiro atoms. The van der Waals surface area contributed by atoms with Gasteiger partial charge in [-0.05, 0) is 31.4 Å². The van der Waals surface area contributed by atoms with Crippen molar-refractivity contribution in [3.8, 4) is 0 Å². The first-order chi connectivity index (χ1) is 9.60. The second-order valence-electron chi connectivity index (χ2n) is 5.60. The number of aryl methyl sites for hydroxylation is 2. The van der Waals surface area contributed by atoms with E-state index in [2.05, 4.69) is 13.8 Å². The van der Waals surface area contributed by atoms with Crippen molar-refractivity contribution in [2.75, 3.05) is 0 Å². The highest BCUT2D eigenvalue weighted by atomic mass is 16.4. The van der Waals surface area contributed by atoms with Gasteiger partial charge in [0.2, 0.25) is 0 Å². The van der Waals surface area contributed by atoms with Crippen LogP contribution in [0.1, 0.15) is 81.8 Å². The fourth-order valence-electron chi connectivity index (χ4n) is 2.60. The summed E-state index contributed by atoms with van der Waals surface area (Å²) >= 11 is 0. The number of hydrogen-bond acceptors (Lipinski definition) is 2. The Hall–Kier alpha value is -1.25. The number of rotatable bonds is 10. The highest BCUT2D eigenvalue weighted by molar-refractivity contribution is 5.75. The summed E-state index contributed by atoms with van der Waals surface area (Å²) in [6, 6.07) is 1.99. The molecule has 3 nitrogen and oxygen atoms in total. The van der Waals surface area contributed by atoms with E-state index >= 15 is 0 Å². The maximum Gasteiger partial charge on any atom is 0.314 e. The molecule has 0 saturated carbocycles. The summed E-state index contributed by atoms with van der Waals surface area (Å²) < 4.78 is 5.78. The third kappa shape index (κ3) is 5.03. The first kappa shape index (κ1) is 16.8. The van der Waals surface area contributed by atoms with E-state index in [1.807, 2.05) is 13.0 Å². The maximum atomic E-state index is 11.5. The van der Waals surface area contributed by atoms with Gasteiger partial charge >= 0.3 is 5.97 Å². The molecule has 0 fully saturated rings. The van der Waals surface area contributed by atoms with Crippen molar-refractivity contribution in [1.82, 2.24) is 0 Å². The van der Waals surface area contributed by atoms with Crippen LogP contribution >= 0.6 is 0 Å². The first-order valence-corrected chi connectivity index (χ1v) is 7.92. The zero-order chi connectivity index (χ0) is 15.0. The predicted molar refractivity (Wildman–Crippen MR) is 81.2 cm³/mol. The number of aliphatic carboxylic acids is 1. The summed E-state index contributed by atoms with van der Waals surface area (Å²) in [5, 5.41) is 9.43. The highest BCUT2D eigenvalue weighted by Crippen LogP contribution is 2.29. The van der Waals surface area contributed by atoms with Crippen LogP contribution in [-0.2, 0) is 11.2 Å². The normalized spacial score (nSPS) is 12.6. The summed E-state index contributed by atoms with van der Waals surface area (Å²) in [6.07, 6.45) is 8.28. The molecule has 1 aromatic heterocycles. The van der Waals surface area contributed by atoms with Gasteiger partial charge < -0.3 is 9.52 Å². The van der Waals surface area contributed by atoms with E-state index in [0.717, 1.165) is 37.0 Å². The monoisotopic (exact) mass is 280 g/mol. The molecule has 0 saturated heterocycles. The lowest BCUT2D eigenvalue weighted by molar-refractivity contribution is -0.139. The molecule has 0 amide bonds. The number of carboxylic acid groups (broad SMARTS) is 1. The van der Waals surface area contributed by atoms with Gasteiger partial charge in [-0.3, -0.25) is 4.79 Å². The van der Waals surface area contributed by atoms with Crippen LogP contribution in [0.25, 0.3) is 0 Å². The van der Waals surface area contributed by atoms with Gasteiger partial charge in [0.05, 0.1) is 0 Å². The van der Waals surface area contributed by atoms with Crippen LogP contribution in [0.3, 0.4) is 0 Å². The van der Waals surface area contributed by atoms with Crippen LogP contribution in [0, 0.1) is 6.92 Å². The number of furan rings is 1. The standard InChI is InChI=1S/C17H28O3/c1-4-6-7-8-9-11-15(17(18)19)16-13(3)12-14(20-16)10-5-2/h12,15H,4-11H2,1-3H3,(H,18,19). The third-order valence-electron chi connectivity index (χ3n) is 3.71. The van der Waals surface area contributed by atoms with Gasteiger partial charge in [-0.2, -0.15) is 0 Å². The number of unbranched alkanes of at least 4 members (excludes halogenated alkanes) is 4. The number of carbonyl (C=O) groups is 1. The molecule has 0 bridgehead atoms. The van der Waals surface area contributed by atoms with Crippen LogP contribution in [0.5, 0.6) is 0 Å². The predicted octanol–water partition coefficient (Wildman–Crippen LogP) is 5.07. The van der Waals surface area contributed by atoms with Crippen molar-refractivity contribution in [3.05, 3.63) is 23.2 Å². The minimum Gasteiger partial charge on any atom is -0.481 e. The minimum absolute atomic E-state index is 0.484. The average Bonchev–Trinajstić information content (AvgIpc) is 2.74. The number of hydrogen-bond donors (Lipinski definition) is 1. The van der Waals surface area contributed by atoms with Crippen molar-refractivity contribution < 1.29 is 14.3 Å². The summed E-state index contributed by atoms with van der Waals surface area (Å²) in [4.78, 5) is 11.5. The molecule has 1 rings (SSSR count). The summed E-state index contributed by atoms with van der Waals surface area (Å²) in [7, 11) is 0. The largest absolute Gasteiger partial charge is 0.481 e. The van der Waals surface area contributed by atoms with Crippen LogP contribution < -0.4 is 0 Å². The summed E-state index contributed by atoms with van der Waals surface area (Å²) in [5.74, 6) is 0.330. The molecule has 0 aliphatic heterocycles. The quantitative estimate of drug-likeness (QED) is 0.609. The van der Waals surface area contributed by atoms with Crippen LogP contribution in [0.15, 0.2) is 10.5 Å². The van der Waals surface area contributed by atoms with E-state index in [9.17, 15) is 9.90 Å². The number of carboxylic acids is 1. The smallest absolute Gasteiger partial charge is 0.314 e. The summed E-state index contributed by atoms with van der Waals surface area (Å²) in [6.45, 7) is 6.23. The Bertz CT molecular complexity index is 406. The average molecular weight is 280 g/mol. The minimum atomic E-state index is -0.763. The molecular formula is C17H28O3. The van der Waals surface area contributed by atoms with Gasteiger partial charge in [-0.25, -0.2) is 0 Å². The van der Waals surface area contributed by atoms with E-state index < -0.39 is 11.9 Å². The van der Waals surface area contributed by atoms with E-state index in [4.69, 9.17) is 4.42 Å². The van der Waals surface area contributed by atoms with Gasteiger partial charge in [0.1, 0.15) is 17.4 Å². The molecule has 114 valence electrons. The van der Waals surface area contributed by atoms with Crippen molar-refractivity contribution in [2.45, 2.75) is 78.1 Å². The molecule has 3 heteroatoms. The zero-order valence-corrected chi connectivity index (χ0v) is 13.1. The fraction of sp³-hybridized carbons (Fsp3) is 0.706. The van der Waals surface area contributed by atoms with E-state index in [-0.39, 0.29) is 0 Å². The molecule has 0 radical (unpaired) electrons. The van der Waals surface area contributed by atoms with Gasteiger partial charge in [0.15, 0.2) is 0 Å². The molecule has 1 heterocycles. The van der Waals surface area contributed by atoms with Crippen molar-refractivity contribution in [3.63, 3.8) is 0 Å². The lowest BCUT2D eigenvalue weighted by Crippen LogP contribution is -2.12. The molecule has 1 atom stereocenters. The molecule has 0 aliphatic carbocycles. The maximum absolute atomic E-state index is 11.5. The Morgan fingerprint density at radius 2 is 1.90 bits per heavy atom. The van der Waals surface area contributed by atoms with Crippen LogP contribution in [0.4, 0.5) is 0 Å². The molecule has 1 N–H and O–H groups in total. The van der Waals surface area contributed by atoms with Crippen molar-refractivity contribution >= 4 is 5.97 Å². The van der Waals surface area contributed by atoms with Gasteiger partial charge in [0.25, 0.3) is 0 Å². The Balaban J connectivity index is 2.63. The Kier molecular flexibility index (Phi) is 7.42. The summed E-state index contributed by atoms with van der Waals surface area (Å²) in [5.41, 5.74) is 0.981. The topological polar surface area (TPSA) is 50.4 Å². The fourth-order valence-corrected chi connectivity index (χ4v) is 2.60. The first-order valence-electron chi connectivity index (χ1n) is 7.92. The Labute approximate surface area is 122 Å². The van der Waals surface area contributed by atoms with Crippen molar-refractivity contribution in [1.29, 1.82) is 0 Å². The zero-order valence-electron chi connectivity index (χ0n) is 13.1. The van der Waals surface area contributed by atoms with Crippen molar-refractivity contribution in [2.24, 2.45) is 0 Å². The van der Waals surface area contributed by atoms with E-state index in [0.29, 0.717) is 12.2 Å². The van der Waals surface area contributed by atoms with Gasteiger partial charge in [-0.1, -0.05) is 46.0 Å². The van der Waals surface area contributed by atoms with E-state index in [1.165, 1.54) is 19.3 Å². The van der Waals surface area contributed by atoms with E-state index in [1.54, 1.807) is 0 Å². The molecule has 0 aromatic carbocycles. The molecule has 1 aromatic rings. The molecule has 1 unspecified atom stereocenters. The van der Waals surface area contributed by atoms with Crippen LogP contribution in [0.2, 0.25) is 0 Å². The second kappa shape index (κ2) is 8.83. The SMILES string of the molecule is CCCCCCCC(C(=O)O)c1oc(CCC)cc1C. The lowest BCUT2D eigenvalue weighted by atomic mass is 9.96.